The summed E-state index contributed by atoms with van der Waals surface area (Å²) in [6.07, 6.45) is 3.44. The normalized spacial score (nSPS) is 12.1. The second-order valence-corrected chi connectivity index (χ2v) is 4.81. The third-order valence-corrected chi connectivity index (χ3v) is 3.23. The van der Waals surface area contributed by atoms with Gasteiger partial charge in [0.15, 0.2) is 0 Å². The maximum absolute atomic E-state index is 13.2. The fourth-order valence-electron chi connectivity index (χ4n) is 2.02. The van der Waals surface area contributed by atoms with Crippen LogP contribution in [0.3, 0.4) is 0 Å². The number of hydrogen-bond donors (Lipinski definition) is 1. The number of aryl methyl sites for hydroxylation is 1. The van der Waals surface area contributed by atoms with Gasteiger partial charge in [-0.15, -0.1) is 0 Å². The Morgan fingerprint density at radius 2 is 2.25 bits per heavy atom. The second kappa shape index (κ2) is 6.88. The number of benzene rings is 1. The number of nitrogens with zero attached hydrogens (tertiary/aromatic N) is 1. The van der Waals surface area contributed by atoms with E-state index in [2.05, 4.69) is 18.3 Å². The summed E-state index contributed by atoms with van der Waals surface area (Å²) in [7, 11) is 0. The van der Waals surface area contributed by atoms with Crippen LogP contribution in [0.5, 0.6) is 0 Å². The van der Waals surface area contributed by atoms with Gasteiger partial charge in [-0.1, -0.05) is 0 Å². The molecular weight excluding hydrogens is 255 g/mol. The van der Waals surface area contributed by atoms with E-state index in [1.54, 1.807) is 6.26 Å². The van der Waals surface area contributed by atoms with Crippen molar-refractivity contribution in [2.75, 3.05) is 0 Å². The van der Waals surface area contributed by atoms with E-state index in [0.717, 1.165) is 18.6 Å². The van der Waals surface area contributed by atoms with Crippen LogP contribution in [-0.2, 0) is 13.0 Å². The van der Waals surface area contributed by atoms with Gasteiger partial charge in [0.1, 0.15) is 11.6 Å². The van der Waals surface area contributed by atoms with Crippen molar-refractivity contribution >= 4 is 0 Å². The highest BCUT2D eigenvalue weighted by atomic mass is 19.1. The number of nitrogens with one attached hydrogen (secondary N) is 1. The van der Waals surface area contributed by atoms with E-state index >= 15 is 0 Å². The summed E-state index contributed by atoms with van der Waals surface area (Å²) < 4.78 is 18.5. The fourth-order valence-corrected chi connectivity index (χ4v) is 2.02. The van der Waals surface area contributed by atoms with Gasteiger partial charge >= 0.3 is 0 Å². The Balaban J connectivity index is 1.85. The van der Waals surface area contributed by atoms with Crippen LogP contribution in [-0.4, -0.2) is 6.04 Å². The molecule has 2 aromatic rings. The van der Waals surface area contributed by atoms with E-state index in [1.807, 2.05) is 12.1 Å². The highest BCUT2D eigenvalue weighted by Crippen LogP contribution is 2.11. The molecule has 20 heavy (non-hydrogen) atoms. The van der Waals surface area contributed by atoms with Gasteiger partial charge in [0, 0.05) is 19.0 Å². The first-order chi connectivity index (χ1) is 9.69. The van der Waals surface area contributed by atoms with Crippen molar-refractivity contribution < 1.29 is 8.81 Å². The zero-order valence-electron chi connectivity index (χ0n) is 11.4. The zero-order chi connectivity index (χ0) is 14.4. The maximum atomic E-state index is 13.2. The van der Waals surface area contributed by atoms with E-state index < -0.39 is 0 Å². The number of furan rings is 1. The average molecular weight is 272 g/mol. The predicted octanol–water partition coefficient (Wildman–Crippen LogP) is 3.40. The first kappa shape index (κ1) is 14.3. The molecule has 0 saturated carbocycles. The standard InChI is InChI=1S/C16H17FN2O/c1-12(4-7-16-3-2-8-20-16)19-11-14-9-15(17)6-5-13(14)10-18/h2-3,5-6,8-9,12,19H,4,7,11H2,1H3. The Morgan fingerprint density at radius 3 is 2.95 bits per heavy atom. The summed E-state index contributed by atoms with van der Waals surface area (Å²) in [5.41, 5.74) is 1.20. The Kier molecular flexibility index (Phi) is 4.91. The minimum atomic E-state index is -0.316. The molecule has 0 radical (unpaired) electrons. The molecule has 1 heterocycles. The molecule has 0 spiro atoms. The number of nitriles is 1. The van der Waals surface area contributed by atoms with E-state index in [0.29, 0.717) is 17.7 Å². The number of halogens is 1. The first-order valence-corrected chi connectivity index (χ1v) is 6.63. The van der Waals surface area contributed by atoms with Gasteiger partial charge < -0.3 is 9.73 Å². The lowest BCUT2D eigenvalue weighted by molar-refractivity contribution is 0.459. The highest BCUT2D eigenvalue weighted by Gasteiger charge is 2.07. The second-order valence-electron chi connectivity index (χ2n) is 4.81. The van der Waals surface area contributed by atoms with Crippen LogP contribution in [0.4, 0.5) is 4.39 Å². The van der Waals surface area contributed by atoms with Crippen molar-refractivity contribution in [3.63, 3.8) is 0 Å². The molecule has 1 N–H and O–H groups in total. The van der Waals surface area contributed by atoms with E-state index in [9.17, 15) is 4.39 Å². The van der Waals surface area contributed by atoms with Gasteiger partial charge in [0.25, 0.3) is 0 Å². The van der Waals surface area contributed by atoms with Gasteiger partial charge in [-0.05, 0) is 49.2 Å². The van der Waals surface area contributed by atoms with E-state index in [1.165, 1.54) is 18.2 Å². The van der Waals surface area contributed by atoms with Crippen molar-refractivity contribution in [2.45, 2.75) is 32.4 Å². The lowest BCUT2D eigenvalue weighted by Gasteiger charge is -2.13. The molecule has 0 aliphatic heterocycles. The molecule has 0 fully saturated rings. The summed E-state index contributed by atoms with van der Waals surface area (Å²) in [6, 6.07) is 10.4. The van der Waals surface area contributed by atoms with Crippen LogP contribution in [0.15, 0.2) is 41.0 Å². The van der Waals surface area contributed by atoms with Gasteiger partial charge in [-0.3, -0.25) is 0 Å². The first-order valence-electron chi connectivity index (χ1n) is 6.63. The van der Waals surface area contributed by atoms with Crippen molar-refractivity contribution in [3.05, 3.63) is 59.3 Å². The molecule has 0 amide bonds. The largest absolute Gasteiger partial charge is 0.469 e. The third-order valence-electron chi connectivity index (χ3n) is 3.23. The van der Waals surface area contributed by atoms with Crippen LogP contribution in [0.1, 0.15) is 30.2 Å². The summed E-state index contributed by atoms with van der Waals surface area (Å²) in [4.78, 5) is 0. The Morgan fingerprint density at radius 1 is 1.40 bits per heavy atom. The molecule has 104 valence electrons. The SMILES string of the molecule is CC(CCc1ccco1)NCc1cc(F)ccc1C#N. The molecule has 4 heteroatoms. The molecule has 0 aliphatic rings. The quantitative estimate of drug-likeness (QED) is 0.876. The highest BCUT2D eigenvalue weighted by molar-refractivity contribution is 5.37. The lowest BCUT2D eigenvalue weighted by atomic mass is 10.1. The van der Waals surface area contributed by atoms with Gasteiger partial charge in [0.05, 0.1) is 17.9 Å². The molecular formula is C16H17FN2O. The van der Waals surface area contributed by atoms with Crippen molar-refractivity contribution in [1.82, 2.24) is 5.32 Å². The summed E-state index contributed by atoms with van der Waals surface area (Å²) in [5, 5.41) is 12.3. The molecule has 2 rings (SSSR count). The molecule has 0 saturated heterocycles. The van der Waals surface area contributed by atoms with Crippen molar-refractivity contribution in [2.24, 2.45) is 0 Å². The average Bonchev–Trinajstić information content (AvgIpc) is 2.96. The Labute approximate surface area is 118 Å². The van der Waals surface area contributed by atoms with E-state index in [4.69, 9.17) is 9.68 Å². The Bertz CT molecular complexity index is 587. The smallest absolute Gasteiger partial charge is 0.123 e. The number of rotatable bonds is 6. The Hall–Kier alpha value is -2.12. The fraction of sp³-hybridized carbons (Fsp3) is 0.312. The van der Waals surface area contributed by atoms with Crippen LogP contribution in [0.2, 0.25) is 0 Å². The maximum Gasteiger partial charge on any atom is 0.123 e. The lowest BCUT2D eigenvalue weighted by Crippen LogP contribution is -2.26. The predicted molar refractivity (Wildman–Crippen MR) is 74.4 cm³/mol. The van der Waals surface area contributed by atoms with Crippen LogP contribution in [0, 0.1) is 17.1 Å². The minimum absolute atomic E-state index is 0.259. The molecule has 3 nitrogen and oxygen atoms in total. The van der Waals surface area contributed by atoms with Gasteiger partial charge in [0.2, 0.25) is 0 Å². The molecule has 0 aliphatic carbocycles. The van der Waals surface area contributed by atoms with E-state index in [-0.39, 0.29) is 11.9 Å². The minimum Gasteiger partial charge on any atom is -0.469 e. The van der Waals surface area contributed by atoms with Crippen LogP contribution >= 0.6 is 0 Å². The van der Waals surface area contributed by atoms with Crippen molar-refractivity contribution in [3.8, 4) is 6.07 Å². The molecule has 1 aromatic heterocycles. The molecule has 0 bridgehead atoms. The summed E-state index contributed by atoms with van der Waals surface area (Å²) >= 11 is 0. The van der Waals surface area contributed by atoms with Gasteiger partial charge in [-0.25, -0.2) is 4.39 Å². The van der Waals surface area contributed by atoms with Crippen LogP contribution in [0.25, 0.3) is 0 Å². The van der Waals surface area contributed by atoms with Gasteiger partial charge in [-0.2, -0.15) is 5.26 Å². The molecule has 1 unspecified atom stereocenters. The monoisotopic (exact) mass is 272 g/mol. The zero-order valence-corrected chi connectivity index (χ0v) is 11.4. The molecule has 1 aromatic carbocycles. The summed E-state index contributed by atoms with van der Waals surface area (Å²) in [5.74, 6) is 0.645. The molecule has 1 atom stereocenters. The number of hydrogen-bond acceptors (Lipinski definition) is 3. The third kappa shape index (κ3) is 3.94. The summed E-state index contributed by atoms with van der Waals surface area (Å²) in [6.45, 7) is 2.55. The van der Waals surface area contributed by atoms with Crippen molar-refractivity contribution in [1.29, 1.82) is 5.26 Å². The topological polar surface area (TPSA) is 49.0 Å². The van der Waals surface area contributed by atoms with Crippen LogP contribution < -0.4 is 5.32 Å².